The number of nitrogens with zero attached hydrogens (tertiary/aromatic N) is 1. The van der Waals surface area contributed by atoms with Crippen LogP contribution in [0.5, 0.6) is 0 Å². The van der Waals surface area contributed by atoms with E-state index in [2.05, 4.69) is 20.8 Å². The number of rotatable bonds is 3. The Labute approximate surface area is 96.8 Å². The molecule has 1 aromatic rings. The lowest BCUT2D eigenvalue weighted by atomic mass is 10.2. The van der Waals surface area contributed by atoms with Crippen molar-refractivity contribution in [1.82, 2.24) is 4.90 Å². The maximum Gasteiger partial charge on any atom is 0.0542 e. The molecule has 0 N–H and O–H groups in total. The van der Waals surface area contributed by atoms with E-state index in [-0.39, 0.29) is 0 Å². The van der Waals surface area contributed by atoms with E-state index in [1.807, 2.05) is 19.2 Å². The molecule has 0 aliphatic heterocycles. The molecule has 0 aliphatic carbocycles. The Morgan fingerprint density at radius 1 is 1.38 bits per heavy atom. The normalized spacial score (nSPS) is 10.8. The predicted octanol–water partition coefficient (Wildman–Crippen LogP) is 3.78. The minimum absolute atomic E-state index is 0.676. The minimum Gasteiger partial charge on any atom is -0.292 e. The fourth-order valence-electron chi connectivity index (χ4n) is 0.983. The summed E-state index contributed by atoms with van der Waals surface area (Å²) in [7, 11) is 2.01. The van der Waals surface area contributed by atoms with Crippen LogP contribution in [0.15, 0.2) is 18.2 Å². The molecule has 0 heterocycles. The summed E-state index contributed by atoms with van der Waals surface area (Å²) in [5, 5.41) is 1.40. The van der Waals surface area contributed by atoms with E-state index in [1.165, 1.54) is 0 Å². The summed E-state index contributed by atoms with van der Waals surface area (Å²) in [5.41, 5.74) is 1.92. The molecule has 1 nitrogen and oxygen atoms in total. The molecule has 13 heavy (non-hydrogen) atoms. The molecule has 0 unspecified atom stereocenters. The van der Waals surface area contributed by atoms with Gasteiger partial charge < -0.3 is 0 Å². The fourth-order valence-corrected chi connectivity index (χ4v) is 1.63. The zero-order valence-corrected chi connectivity index (χ0v) is 10.3. The van der Waals surface area contributed by atoms with Crippen molar-refractivity contribution in [2.75, 3.05) is 12.5 Å². The van der Waals surface area contributed by atoms with Crippen LogP contribution in [0.4, 0.5) is 0 Å². The smallest absolute Gasteiger partial charge is 0.0542 e. The maximum atomic E-state index is 6.00. The quantitative estimate of drug-likeness (QED) is 0.602. The molecule has 0 radical (unpaired) electrons. The highest BCUT2D eigenvalue weighted by Crippen LogP contribution is 2.21. The standard InChI is InChI=1S/C9H10BrCl2N/c1-13(6-10)5-7-2-3-8(11)4-9(7)12/h2-4H,5-6H2,1H3. The van der Waals surface area contributed by atoms with E-state index in [1.54, 1.807) is 6.07 Å². The predicted molar refractivity (Wildman–Crippen MR) is 61.7 cm³/mol. The number of alkyl halides is 1. The lowest BCUT2D eigenvalue weighted by Crippen LogP contribution is -2.15. The van der Waals surface area contributed by atoms with Gasteiger partial charge in [0.2, 0.25) is 0 Å². The van der Waals surface area contributed by atoms with E-state index < -0.39 is 0 Å². The van der Waals surface area contributed by atoms with Gasteiger partial charge in [0, 0.05) is 16.6 Å². The Kier molecular flexibility index (Phi) is 4.53. The van der Waals surface area contributed by atoms with Crippen LogP contribution >= 0.6 is 39.1 Å². The first-order chi connectivity index (χ1) is 6.13. The molecule has 72 valence electrons. The molecule has 1 aromatic carbocycles. The number of benzene rings is 1. The molecule has 4 heteroatoms. The summed E-state index contributed by atoms with van der Waals surface area (Å²) in [6.07, 6.45) is 0. The van der Waals surface area contributed by atoms with Gasteiger partial charge in [-0.1, -0.05) is 45.2 Å². The molecular weight excluding hydrogens is 273 g/mol. The highest BCUT2D eigenvalue weighted by atomic mass is 79.9. The zero-order chi connectivity index (χ0) is 9.84. The number of hydrogen-bond donors (Lipinski definition) is 0. The lowest BCUT2D eigenvalue weighted by Gasteiger charge is -2.13. The monoisotopic (exact) mass is 281 g/mol. The summed E-state index contributed by atoms with van der Waals surface area (Å²) < 4.78 is 0. The molecule has 0 fully saturated rings. The van der Waals surface area contributed by atoms with Gasteiger partial charge in [-0.05, 0) is 24.7 Å². The van der Waals surface area contributed by atoms with Crippen LogP contribution in [-0.2, 0) is 6.54 Å². The van der Waals surface area contributed by atoms with E-state index >= 15 is 0 Å². The molecule has 0 saturated heterocycles. The first kappa shape index (κ1) is 11.3. The van der Waals surface area contributed by atoms with Gasteiger partial charge in [-0.25, -0.2) is 0 Å². The SMILES string of the molecule is CN(CBr)Cc1ccc(Cl)cc1Cl. The van der Waals surface area contributed by atoms with Crippen molar-refractivity contribution in [3.05, 3.63) is 33.8 Å². The van der Waals surface area contributed by atoms with Crippen LogP contribution in [0, 0.1) is 0 Å². The van der Waals surface area contributed by atoms with Crippen LogP contribution in [-0.4, -0.2) is 17.4 Å². The first-order valence-corrected chi connectivity index (χ1v) is 5.69. The molecule has 0 atom stereocenters. The van der Waals surface area contributed by atoms with Gasteiger partial charge >= 0.3 is 0 Å². The van der Waals surface area contributed by atoms with Crippen LogP contribution in [0.25, 0.3) is 0 Å². The lowest BCUT2D eigenvalue weighted by molar-refractivity contribution is 0.390. The van der Waals surface area contributed by atoms with Gasteiger partial charge in [0.1, 0.15) is 0 Å². The zero-order valence-electron chi connectivity index (χ0n) is 7.23. The second-order valence-electron chi connectivity index (χ2n) is 2.87. The van der Waals surface area contributed by atoms with Crippen molar-refractivity contribution in [3.63, 3.8) is 0 Å². The third-order valence-corrected chi connectivity index (χ3v) is 3.10. The van der Waals surface area contributed by atoms with Gasteiger partial charge in [-0.15, -0.1) is 0 Å². The average Bonchev–Trinajstić information content (AvgIpc) is 2.09. The topological polar surface area (TPSA) is 3.24 Å². The number of hydrogen-bond acceptors (Lipinski definition) is 1. The average molecular weight is 283 g/mol. The van der Waals surface area contributed by atoms with Crippen LogP contribution < -0.4 is 0 Å². The van der Waals surface area contributed by atoms with Gasteiger partial charge in [0.05, 0.1) is 5.45 Å². The maximum absolute atomic E-state index is 6.00. The molecule has 0 aliphatic rings. The van der Waals surface area contributed by atoms with E-state index in [0.29, 0.717) is 5.02 Å². The Hall–Kier alpha value is 0.240. The molecule has 0 aromatic heterocycles. The summed E-state index contributed by atoms with van der Waals surface area (Å²) in [4.78, 5) is 2.11. The second kappa shape index (κ2) is 5.20. The molecule has 0 bridgehead atoms. The van der Waals surface area contributed by atoms with Gasteiger partial charge in [-0.2, -0.15) is 0 Å². The third-order valence-electron chi connectivity index (χ3n) is 1.66. The minimum atomic E-state index is 0.676. The first-order valence-electron chi connectivity index (χ1n) is 3.82. The molecule has 0 amide bonds. The Morgan fingerprint density at radius 3 is 2.62 bits per heavy atom. The summed E-state index contributed by atoms with van der Waals surface area (Å²) in [6.45, 7) is 0.821. The van der Waals surface area contributed by atoms with Gasteiger partial charge in [0.25, 0.3) is 0 Å². The highest BCUT2D eigenvalue weighted by molar-refractivity contribution is 9.09. The molecule has 0 spiro atoms. The Bertz CT molecular complexity index is 291. The van der Waals surface area contributed by atoms with Crippen LogP contribution in [0.1, 0.15) is 5.56 Å². The van der Waals surface area contributed by atoms with Crippen molar-refractivity contribution in [1.29, 1.82) is 0 Å². The second-order valence-corrected chi connectivity index (χ2v) is 4.21. The summed E-state index contributed by atoms with van der Waals surface area (Å²) >= 11 is 15.2. The van der Waals surface area contributed by atoms with Crippen molar-refractivity contribution in [2.45, 2.75) is 6.54 Å². The number of halogens is 3. The van der Waals surface area contributed by atoms with Crippen molar-refractivity contribution < 1.29 is 0 Å². The molecular formula is C9H10BrCl2N. The fraction of sp³-hybridized carbons (Fsp3) is 0.333. The van der Waals surface area contributed by atoms with Crippen LogP contribution in [0.3, 0.4) is 0 Å². The summed E-state index contributed by atoms with van der Waals surface area (Å²) in [5.74, 6) is 0. The van der Waals surface area contributed by atoms with E-state index in [9.17, 15) is 0 Å². The van der Waals surface area contributed by atoms with Gasteiger partial charge in [-0.3, -0.25) is 4.90 Å². The largest absolute Gasteiger partial charge is 0.292 e. The van der Waals surface area contributed by atoms with Crippen molar-refractivity contribution in [3.8, 4) is 0 Å². The van der Waals surface area contributed by atoms with Crippen molar-refractivity contribution >= 4 is 39.1 Å². The Balaban J connectivity index is 2.77. The van der Waals surface area contributed by atoms with Crippen LogP contribution in [0.2, 0.25) is 10.0 Å². The Morgan fingerprint density at radius 2 is 2.08 bits per heavy atom. The van der Waals surface area contributed by atoms with E-state index in [0.717, 1.165) is 22.6 Å². The van der Waals surface area contributed by atoms with Crippen molar-refractivity contribution in [2.24, 2.45) is 0 Å². The molecule has 1 rings (SSSR count). The van der Waals surface area contributed by atoms with Gasteiger partial charge in [0.15, 0.2) is 0 Å². The highest BCUT2D eigenvalue weighted by Gasteiger charge is 2.03. The summed E-state index contributed by atoms with van der Waals surface area (Å²) in [6, 6.07) is 5.56. The third kappa shape index (κ3) is 3.47. The van der Waals surface area contributed by atoms with E-state index in [4.69, 9.17) is 23.2 Å². The molecule has 0 saturated carbocycles.